The molecule has 0 atom stereocenters. The molecule has 0 spiro atoms. The molecule has 96 valence electrons. The van der Waals surface area contributed by atoms with E-state index in [2.05, 4.69) is 15.7 Å². The second-order valence-corrected chi connectivity index (χ2v) is 4.15. The van der Waals surface area contributed by atoms with Crippen molar-refractivity contribution >= 4 is 11.5 Å². The molecule has 7 nitrogen and oxygen atoms in total. The summed E-state index contributed by atoms with van der Waals surface area (Å²) in [6.07, 6.45) is 0. The number of nitro groups is 1. The fourth-order valence-electron chi connectivity index (χ4n) is 1.61. The van der Waals surface area contributed by atoms with E-state index in [0.29, 0.717) is 18.1 Å². The molecule has 0 aliphatic heterocycles. The van der Waals surface area contributed by atoms with Gasteiger partial charge < -0.3 is 10.6 Å². The minimum atomic E-state index is -0.371. The van der Waals surface area contributed by atoms with Crippen LogP contribution in [0.3, 0.4) is 0 Å². The minimum Gasteiger partial charge on any atom is -0.363 e. The largest absolute Gasteiger partial charge is 0.363 e. The van der Waals surface area contributed by atoms with Crippen LogP contribution in [0.25, 0.3) is 0 Å². The van der Waals surface area contributed by atoms with E-state index in [1.165, 1.54) is 4.68 Å². The van der Waals surface area contributed by atoms with Gasteiger partial charge in [-0.2, -0.15) is 5.10 Å². The summed E-state index contributed by atoms with van der Waals surface area (Å²) < 4.78 is 1.53. The summed E-state index contributed by atoms with van der Waals surface area (Å²) in [7, 11) is 3.54. The van der Waals surface area contributed by atoms with Crippen molar-refractivity contribution in [2.75, 3.05) is 25.5 Å². The van der Waals surface area contributed by atoms with Crippen molar-refractivity contribution in [2.45, 2.75) is 19.8 Å². The average Bonchev–Trinajstić information content (AvgIpc) is 2.57. The summed E-state index contributed by atoms with van der Waals surface area (Å²) >= 11 is 0. The maximum Gasteiger partial charge on any atom is 0.334 e. The first-order valence-electron chi connectivity index (χ1n) is 5.58. The maximum absolute atomic E-state index is 11.1. The second kappa shape index (κ2) is 5.62. The molecule has 0 radical (unpaired) electrons. The number of nitrogens with zero attached hydrogens (tertiary/aromatic N) is 3. The Balaban J connectivity index is 3.05. The Bertz CT molecular complexity index is 400. The first-order valence-corrected chi connectivity index (χ1v) is 5.58. The van der Waals surface area contributed by atoms with Gasteiger partial charge in [-0.3, -0.25) is 10.1 Å². The molecule has 0 saturated heterocycles. The van der Waals surface area contributed by atoms with Gasteiger partial charge in [0.2, 0.25) is 5.82 Å². The van der Waals surface area contributed by atoms with Crippen molar-refractivity contribution in [1.82, 2.24) is 15.1 Å². The Morgan fingerprint density at radius 1 is 1.47 bits per heavy atom. The molecule has 0 saturated carbocycles. The van der Waals surface area contributed by atoms with E-state index in [1.807, 2.05) is 20.9 Å². The van der Waals surface area contributed by atoms with Gasteiger partial charge in [0.05, 0.1) is 4.92 Å². The highest BCUT2D eigenvalue weighted by Gasteiger charge is 2.27. The number of likely N-dealkylation sites (N-methyl/N-ethyl adjacent to an activating group) is 1. The minimum absolute atomic E-state index is 0.0291. The van der Waals surface area contributed by atoms with Gasteiger partial charge in [0.25, 0.3) is 0 Å². The quantitative estimate of drug-likeness (QED) is 0.442. The van der Waals surface area contributed by atoms with E-state index in [4.69, 9.17) is 0 Å². The lowest BCUT2D eigenvalue weighted by Crippen LogP contribution is -2.19. The van der Waals surface area contributed by atoms with Gasteiger partial charge >= 0.3 is 5.69 Å². The van der Waals surface area contributed by atoms with Gasteiger partial charge in [-0.25, -0.2) is 4.68 Å². The molecule has 0 bridgehead atoms. The lowest BCUT2D eigenvalue weighted by molar-refractivity contribution is -0.384. The Kier molecular flexibility index (Phi) is 4.45. The molecular weight excluding hydrogens is 222 g/mol. The van der Waals surface area contributed by atoms with E-state index in [-0.39, 0.29) is 16.5 Å². The van der Waals surface area contributed by atoms with Crippen molar-refractivity contribution < 1.29 is 4.92 Å². The normalized spacial score (nSPS) is 10.9. The Morgan fingerprint density at radius 2 is 2.12 bits per heavy atom. The maximum atomic E-state index is 11.1. The fourth-order valence-corrected chi connectivity index (χ4v) is 1.61. The van der Waals surface area contributed by atoms with Crippen LogP contribution >= 0.6 is 0 Å². The zero-order valence-electron chi connectivity index (χ0n) is 10.6. The van der Waals surface area contributed by atoms with Crippen LogP contribution in [-0.4, -0.2) is 34.8 Å². The third-order valence-electron chi connectivity index (χ3n) is 2.45. The lowest BCUT2D eigenvalue weighted by Gasteiger charge is -2.05. The van der Waals surface area contributed by atoms with Crippen LogP contribution in [0.15, 0.2) is 0 Å². The lowest BCUT2D eigenvalue weighted by atomic mass is 10.1. The summed E-state index contributed by atoms with van der Waals surface area (Å²) in [5.74, 6) is 0.496. The summed E-state index contributed by atoms with van der Waals surface area (Å²) in [5, 5.41) is 21.3. The van der Waals surface area contributed by atoms with Gasteiger partial charge in [0, 0.05) is 26.1 Å². The van der Waals surface area contributed by atoms with Crippen molar-refractivity contribution in [3.63, 3.8) is 0 Å². The van der Waals surface area contributed by atoms with Crippen LogP contribution in [-0.2, 0) is 7.05 Å². The van der Waals surface area contributed by atoms with E-state index in [1.54, 1.807) is 7.05 Å². The first-order chi connectivity index (χ1) is 7.99. The molecule has 17 heavy (non-hydrogen) atoms. The van der Waals surface area contributed by atoms with E-state index in [0.717, 1.165) is 6.54 Å². The van der Waals surface area contributed by atoms with Gasteiger partial charge in [-0.05, 0) is 7.05 Å². The first kappa shape index (κ1) is 13.4. The Labute approximate surface area is 100 Å². The topological polar surface area (TPSA) is 85.0 Å². The van der Waals surface area contributed by atoms with Gasteiger partial charge in [0.15, 0.2) is 0 Å². The number of rotatable bonds is 6. The van der Waals surface area contributed by atoms with Crippen LogP contribution < -0.4 is 10.6 Å². The van der Waals surface area contributed by atoms with Gasteiger partial charge in [-0.15, -0.1) is 0 Å². The predicted molar refractivity (Wildman–Crippen MR) is 66.4 cm³/mol. The Morgan fingerprint density at radius 3 is 2.59 bits per heavy atom. The summed E-state index contributed by atoms with van der Waals surface area (Å²) in [6, 6.07) is 0. The monoisotopic (exact) mass is 241 g/mol. The fraction of sp³-hybridized carbons (Fsp3) is 0.700. The molecule has 0 aromatic carbocycles. The predicted octanol–water partition coefficient (Wildman–Crippen LogP) is 1.08. The molecule has 0 fully saturated rings. The molecule has 1 heterocycles. The van der Waals surface area contributed by atoms with Crippen LogP contribution in [0.5, 0.6) is 0 Å². The second-order valence-electron chi connectivity index (χ2n) is 4.15. The molecule has 0 unspecified atom stereocenters. The van der Waals surface area contributed by atoms with Crippen LogP contribution in [0.4, 0.5) is 11.5 Å². The number of aryl methyl sites for hydroxylation is 1. The third kappa shape index (κ3) is 2.94. The molecule has 0 aliphatic rings. The number of anilines is 1. The standard InChI is InChI=1S/C10H19N5O2/c1-7(2)8-9(15(16)17)10(14(4)13-8)12-6-5-11-3/h7,11-12H,5-6H2,1-4H3. The average molecular weight is 241 g/mol. The molecule has 0 amide bonds. The van der Waals surface area contributed by atoms with Crippen LogP contribution in [0.1, 0.15) is 25.5 Å². The molecule has 1 aromatic heterocycles. The molecule has 7 heteroatoms. The number of hydrogen-bond acceptors (Lipinski definition) is 5. The van der Waals surface area contributed by atoms with Crippen molar-refractivity contribution in [3.8, 4) is 0 Å². The van der Waals surface area contributed by atoms with Crippen LogP contribution in [0, 0.1) is 10.1 Å². The SMILES string of the molecule is CNCCNc1c([N+](=O)[O-])c(C(C)C)nn1C. The molecule has 1 aromatic rings. The zero-order valence-corrected chi connectivity index (χ0v) is 10.6. The molecular formula is C10H19N5O2. The van der Waals surface area contributed by atoms with E-state index >= 15 is 0 Å². The third-order valence-corrected chi connectivity index (χ3v) is 2.45. The number of aromatic nitrogens is 2. The Hall–Kier alpha value is -1.63. The summed E-state index contributed by atoms with van der Waals surface area (Å²) in [6.45, 7) is 5.15. The van der Waals surface area contributed by atoms with Crippen molar-refractivity contribution in [2.24, 2.45) is 7.05 Å². The van der Waals surface area contributed by atoms with Crippen LogP contribution in [0.2, 0.25) is 0 Å². The number of nitrogens with one attached hydrogen (secondary N) is 2. The highest BCUT2D eigenvalue weighted by atomic mass is 16.6. The highest BCUT2D eigenvalue weighted by Crippen LogP contribution is 2.32. The van der Waals surface area contributed by atoms with E-state index < -0.39 is 0 Å². The molecule has 1 rings (SSSR count). The van der Waals surface area contributed by atoms with Crippen molar-refractivity contribution in [3.05, 3.63) is 15.8 Å². The number of hydrogen-bond donors (Lipinski definition) is 2. The zero-order chi connectivity index (χ0) is 13.0. The van der Waals surface area contributed by atoms with E-state index in [9.17, 15) is 10.1 Å². The van der Waals surface area contributed by atoms with Crippen molar-refractivity contribution in [1.29, 1.82) is 0 Å². The summed E-state index contributed by atoms with van der Waals surface area (Å²) in [5.41, 5.74) is 0.600. The molecule has 0 aliphatic carbocycles. The van der Waals surface area contributed by atoms with Gasteiger partial charge in [0.1, 0.15) is 5.69 Å². The summed E-state index contributed by atoms with van der Waals surface area (Å²) in [4.78, 5) is 10.7. The molecule has 2 N–H and O–H groups in total. The van der Waals surface area contributed by atoms with Gasteiger partial charge in [-0.1, -0.05) is 13.8 Å². The highest BCUT2D eigenvalue weighted by molar-refractivity contribution is 5.60. The smallest absolute Gasteiger partial charge is 0.334 e.